The molecule has 1 heterocycles. The summed E-state index contributed by atoms with van der Waals surface area (Å²) in [7, 11) is 0. The molecule has 0 radical (unpaired) electrons. The molecule has 5 heteroatoms. The van der Waals surface area contributed by atoms with Gasteiger partial charge in [-0.1, -0.05) is 23.7 Å². The van der Waals surface area contributed by atoms with Gasteiger partial charge in [-0.25, -0.2) is 0 Å². The van der Waals surface area contributed by atoms with E-state index >= 15 is 0 Å². The molecule has 1 aliphatic rings. The van der Waals surface area contributed by atoms with E-state index in [-0.39, 0.29) is 5.91 Å². The van der Waals surface area contributed by atoms with Crippen LogP contribution in [0.5, 0.6) is 5.75 Å². The molecule has 1 fully saturated rings. The van der Waals surface area contributed by atoms with Gasteiger partial charge in [0.25, 0.3) is 5.91 Å². The monoisotopic (exact) mass is 282 g/mol. The normalized spacial score (nSPS) is 20.4. The summed E-state index contributed by atoms with van der Waals surface area (Å²) >= 11 is 6.01. The molecule has 104 valence electrons. The van der Waals surface area contributed by atoms with Crippen LogP contribution in [0.2, 0.25) is 5.02 Å². The predicted molar refractivity (Wildman–Crippen MR) is 75.3 cm³/mol. The summed E-state index contributed by atoms with van der Waals surface area (Å²) in [5.74, 6) is 0.951. The van der Waals surface area contributed by atoms with Gasteiger partial charge in [0, 0.05) is 13.1 Å². The number of rotatable bonds is 4. The number of hydrogen-bond acceptors (Lipinski definition) is 3. The first-order valence-electron chi connectivity index (χ1n) is 6.52. The van der Waals surface area contributed by atoms with Crippen molar-refractivity contribution in [2.45, 2.75) is 19.4 Å². The van der Waals surface area contributed by atoms with Gasteiger partial charge in [-0.3, -0.25) is 4.79 Å². The van der Waals surface area contributed by atoms with E-state index in [1.165, 1.54) is 0 Å². The van der Waals surface area contributed by atoms with E-state index in [1.54, 1.807) is 19.1 Å². The van der Waals surface area contributed by atoms with Crippen LogP contribution in [-0.4, -0.2) is 36.5 Å². The zero-order chi connectivity index (χ0) is 13.8. The quantitative estimate of drug-likeness (QED) is 0.918. The summed E-state index contributed by atoms with van der Waals surface area (Å²) in [6, 6.07) is 7.17. The highest BCUT2D eigenvalue weighted by Crippen LogP contribution is 2.25. The van der Waals surface area contributed by atoms with Gasteiger partial charge in [0.05, 0.1) is 5.02 Å². The molecule has 1 aliphatic heterocycles. The Balaban J connectivity index is 1.95. The van der Waals surface area contributed by atoms with Crippen LogP contribution in [0, 0.1) is 5.92 Å². The summed E-state index contributed by atoms with van der Waals surface area (Å²) in [5, 5.41) is 0.517. The number of nitrogens with zero attached hydrogens (tertiary/aromatic N) is 1. The van der Waals surface area contributed by atoms with Gasteiger partial charge >= 0.3 is 0 Å². The lowest BCUT2D eigenvalue weighted by molar-refractivity contribution is -0.136. The van der Waals surface area contributed by atoms with Crippen molar-refractivity contribution in [1.82, 2.24) is 4.90 Å². The Hall–Kier alpha value is -1.26. The molecule has 2 N–H and O–H groups in total. The zero-order valence-electron chi connectivity index (χ0n) is 11.0. The number of halogens is 1. The molecule has 2 atom stereocenters. The van der Waals surface area contributed by atoms with E-state index in [9.17, 15) is 4.79 Å². The van der Waals surface area contributed by atoms with Crippen LogP contribution in [0.4, 0.5) is 0 Å². The van der Waals surface area contributed by atoms with Crippen molar-refractivity contribution in [3.63, 3.8) is 0 Å². The molecule has 0 saturated carbocycles. The van der Waals surface area contributed by atoms with Crippen LogP contribution in [0.15, 0.2) is 24.3 Å². The minimum Gasteiger partial charge on any atom is -0.479 e. The lowest BCUT2D eigenvalue weighted by Crippen LogP contribution is -2.39. The molecule has 1 saturated heterocycles. The van der Waals surface area contributed by atoms with E-state index < -0.39 is 6.10 Å². The third-order valence-corrected chi connectivity index (χ3v) is 3.73. The fraction of sp³-hybridized carbons (Fsp3) is 0.500. The first-order chi connectivity index (χ1) is 9.11. The van der Waals surface area contributed by atoms with Gasteiger partial charge < -0.3 is 15.4 Å². The summed E-state index contributed by atoms with van der Waals surface area (Å²) in [5.41, 5.74) is 5.63. The topological polar surface area (TPSA) is 55.6 Å². The minimum atomic E-state index is -0.531. The molecule has 0 aliphatic carbocycles. The maximum atomic E-state index is 12.2. The van der Waals surface area contributed by atoms with E-state index in [0.29, 0.717) is 23.2 Å². The van der Waals surface area contributed by atoms with Gasteiger partial charge in [-0.2, -0.15) is 0 Å². The fourth-order valence-electron chi connectivity index (χ4n) is 2.26. The SMILES string of the molecule is CC(Oc1ccccc1Cl)C(=O)N1CCC(CN)C1. The lowest BCUT2D eigenvalue weighted by Gasteiger charge is -2.22. The number of hydrogen-bond donors (Lipinski definition) is 1. The number of carbonyl (C=O) groups excluding carboxylic acids is 1. The third-order valence-electron chi connectivity index (χ3n) is 3.42. The Morgan fingerprint density at radius 3 is 2.95 bits per heavy atom. The number of para-hydroxylation sites is 1. The molecule has 2 rings (SSSR count). The summed E-state index contributed by atoms with van der Waals surface area (Å²) < 4.78 is 5.63. The zero-order valence-corrected chi connectivity index (χ0v) is 11.8. The van der Waals surface area contributed by atoms with Gasteiger partial charge in [-0.05, 0) is 37.9 Å². The molecule has 0 aromatic heterocycles. The highest BCUT2D eigenvalue weighted by Gasteiger charge is 2.29. The van der Waals surface area contributed by atoms with Crippen LogP contribution >= 0.6 is 11.6 Å². The molecular formula is C14H19ClN2O2. The second-order valence-corrected chi connectivity index (χ2v) is 5.27. The molecule has 0 bridgehead atoms. The number of likely N-dealkylation sites (tertiary alicyclic amines) is 1. The second kappa shape index (κ2) is 6.26. The Bertz CT molecular complexity index is 453. The standard InChI is InChI=1S/C14H19ClN2O2/c1-10(19-13-5-3-2-4-12(13)15)14(18)17-7-6-11(8-16)9-17/h2-5,10-11H,6-9,16H2,1H3. The minimum absolute atomic E-state index is 0.00382. The van der Waals surface area contributed by atoms with E-state index in [0.717, 1.165) is 19.5 Å². The Morgan fingerprint density at radius 2 is 2.32 bits per heavy atom. The number of nitrogens with two attached hydrogens (primary N) is 1. The molecule has 2 unspecified atom stereocenters. The van der Waals surface area contributed by atoms with Gasteiger partial charge in [0.2, 0.25) is 0 Å². The van der Waals surface area contributed by atoms with Crippen LogP contribution in [0.1, 0.15) is 13.3 Å². The van der Waals surface area contributed by atoms with Crippen molar-refractivity contribution in [2.24, 2.45) is 11.7 Å². The van der Waals surface area contributed by atoms with Crippen molar-refractivity contribution in [3.05, 3.63) is 29.3 Å². The van der Waals surface area contributed by atoms with E-state index in [4.69, 9.17) is 22.1 Å². The molecule has 4 nitrogen and oxygen atoms in total. The maximum Gasteiger partial charge on any atom is 0.263 e. The highest BCUT2D eigenvalue weighted by molar-refractivity contribution is 6.32. The molecule has 19 heavy (non-hydrogen) atoms. The second-order valence-electron chi connectivity index (χ2n) is 4.87. The van der Waals surface area contributed by atoms with E-state index in [2.05, 4.69) is 0 Å². The first-order valence-corrected chi connectivity index (χ1v) is 6.89. The summed E-state index contributed by atoms with van der Waals surface area (Å²) in [6.45, 7) is 3.87. The van der Waals surface area contributed by atoms with Crippen molar-refractivity contribution < 1.29 is 9.53 Å². The van der Waals surface area contributed by atoms with Crippen molar-refractivity contribution >= 4 is 17.5 Å². The first kappa shape index (κ1) is 14.2. The fourth-order valence-corrected chi connectivity index (χ4v) is 2.44. The Kier molecular flexibility index (Phi) is 4.66. The molecule has 1 aromatic rings. The van der Waals surface area contributed by atoms with Crippen molar-refractivity contribution in [2.75, 3.05) is 19.6 Å². The Labute approximate surface area is 118 Å². The lowest BCUT2D eigenvalue weighted by atomic mass is 10.1. The number of ether oxygens (including phenoxy) is 1. The highest BCUT2D eigenvalue weighted by atomic mass is 35.5. The average molecular weight is 283 g/mol. The van der Waals surface area contributed by atoms with Crippen LogP contribution in [-0.2, 0) is 4.79 Å². The maximum absolute atomic E-state index is 12.2. The third kappa shape index (κ3) is 3.39. The van der Waals surface area contributed by atoms with Gasteiger partial charge in [0.15, 0.2) is 6.10 Å². The Morgan fingerprint density at radius 1 is 1.58 bits per heavy atom. The van der Waals surface area contributed by atoms with Crippen molar-refractivity contribution in [3.8, 4) is 5.75 Å². The number of amides is 1. The molecule has 1 amide bonds. The number of carbonyl (C=O) groups is 1. The molecule has 1 aromatic carbocycles. The average Bonchev–Trinajstić information content (AvgIpc) is 2.89. The summed E-state index contributed by atoms with van der Waals surface area (Å²) in [6.07, 6.45) is 0.442. The van der Waals surface area contributed by atoms with Gasteiger partial charge in [0.1, 0.15) is 5.75 Å². The van der Waals surface area contributed by atoms with Gasteiger partial charge in [-0.15, -0.1) is 0 Å². The van der Waals surface area contributed by atoms with Crippen molar-refractivity contribution in [1.29, 1.82) is 0 Å². The summed E-state index contributed by atoms with van der Waals surface area (Å²) in [4.78, 5) is 14.1. The van der Waals surface area contributed by atoms with Crippen LogP contribution in [0.25, 0.3) is 0 Å². The number of benzene rings is 1. The van der Waals surface area contributed by atoms with Crippen LogP contribution < -0.4 is 10.5 Å². The largest absolute Gasteiger partial charge is 0.479 e. The van der Waals surface area contributed by atoms with E-state index in [1.807, 2.05) is 17.0 Å². The molecular weight excluding hydrogens is 264 g/mol. The smallest absolute Gasteiger partial charge is 0.263 e. The molecule has 0 spiro atoms. The predicted octanol–water partition coefficient (Wildman–Crippen LogP) is 1.91. The van der Waals surface area contributed by atoms with Crippen LogP contribution in [0.3, 0.4) is 0 Å².